The summed E-state index contributed by atoms with van der Waals surface area (Å²) in [4.78, 5) is 0. The normalized spacial score (nSPS) is 12.2. The lowest BCUT2D eigenvalue weighted by Crippen LogP contribution is -2.12. The molecule has 0 saturated heterocycles. The summed E-state index contributed by atoms with van der Waals surface area (Å²) in [5.74, 6) is 0.599. The van der Waals surface area contributed by atoms with Gasteiger partial charge in [0.2, 0.25) is 0 Å². The highest BCUT2D eigenvalue weighted by atomic mass is 32.1. The summed E-state index contributed by atoms with van der Waals surface area (Å²) in [6.07, 6.45) is 0. The Hall–Kier alpha value is -0.430. The minimum absolute atomic E-state index is 0.143. The van der Waals surface area contributed by atoms with Crippen LogP contribution in [0, 0.1) is 0 Å². The molecule has 0 saturated carbocycles. The van der Waals surface area contributed by atoms with Gasteiger partial charge in [0.15, 0.2) is 0 Å². The lowest BCUT2D eigenvalue weighted by molar-refractivity contribution is 0.784. The first-order valence-electron chi connectivity index (χ1n) is 4.72. The van der Waals surface area contributed by atoms with Crippen molar-refractivity contribution in [2.24, 2.45) is 0 Å². The van der Waals surface area contributed by atoms with Crippen molar-refractivity contribution in [2.75, 3.05) is 0 Å². The Labute approximate surface area is 86.8 Å². The van der Waals surface area contributed by atoms with Crippen LogP contribution in [-0.4, -0.2) is 0 Å². The Morgan fingerprint density at radius 3 is 1.85 bits per heavy atom. The van der Waals surface area contributed by atoms with E-state index < -0.39 is 0 Å². The van der Waals surface area contributed by atoms with Gasteiger partial charge in [0.1, 0.15) is 0 Å². The summed E-state index contributed by atoms with van der Waals surface area (Å²) >= 11 is 5.36. The molecule has 0 radical (unpaired) electrons. The van der Waals surface area contributed by atoms with E-state index >= 15 is 0 Å². The maximum absolute atomic E-state index is 5.36. The molecule has 1 aromatic rings. The molecule has 0 fully saturated rings. The van der Waals surface area contributed by atoms with Crippen molar-refractivity contribution in [1.29, 1.82) is 0 Å². The first-order chi connectivity index (χ1) is 5.91. The van der Waals surface area contributed by atoms with Gasteiger partial charge in [-0.2, -0.15) is 0 Å². The number of hydrogen-bond donors (Lipinski definition) is 0. The van der Waals surface area contributed by atoms with E-state index in [1.165, 1.54) is 11.1 Å². The van der Waals surface area contributed by atoms with Crippen molar-refractivity contribution in [3.05, 3.63) is 35.4 Å². The number of benzene rings is 1. The molecular weight excluding hydrogens is 176 g/mol. The van der Waals surface area contributed by atoms with Crippen LogP contribution in [-0.2, 0) is 17.4 Å². The molecule has 0 atom stereocenters. The molecular formula is C12H17S-. The summed E-state index contributed by atoms with van der Waals surface area (Å²) in [6, 6.07) is 8.63. The fourth-order valence-corrected chi connectivity index (χ4v) is 1.41. The number of hydrogen-bond acceptors (Lipinski definition) is 1. The molecule has 1 aromatic carbocycles. The van der Waals surface area contributed by atoms with Gasteiger partial charge < -0.3 is 12.6 Å². The van der Waals surface area contributed by atoms with Crippen molar-refractivity contribution >= 4 is 12.6 Å². The molecule has 13 heavy (non-hydrogen) atoms. The molecule has 1 heteroatoms. The van der Waals surface area contributed by atoms with Gasteiger partial charge >= 0.3 is 0 Å². The molecule has 0 aliphatic carbocycles. The third kappa shape index (κ3) is 2.77. The standard InChI is InChI=1S/C12H18S/c1-9(2)10-5-7-11(8-6-10)12(3,4)13/h5-9,13H,1-4H3/p-1. The van der Waals surface area contributed by atoms with Crippen LogP contribution in [0.15, 0.2) is 24.3 Å². The van der Waals surface area contributed by atoms with Gasteiger partial charge in [-0.1, -0.05) is 57.5 Å². The quantitative estimate of drug-likeness (QED) is 0.647. The van der Waals surface area contributed by atoms with Gasteiger partial charge in [-0.05, 0) is 11.5 Å². The predicted octanol–water partition coefficient (Wildman–Crippen LogP) is 3.59. The second-order valence-electron chi connectivity index (χ2n) is 4.29. The topological polar surface area (TPSA) is 0 Å². The van der Waals surface area contributed by atoms with Crippen molar-refractivity contribution < 1.29 is 0 Å². The van der Waals surface area contributed by atoms with Crippen LogP contribution in [0.4, 0.5) is 0 Å². The molecule has 1 rings (SSSR count). The van der Waals surface area contributed by atoms with Gasteiger partial charge in [0.25, 0.3) is 0 Å². The molecule has 72 valence electrons. The average molecular weight is 193 g/mol. The van der Waals surface area contributed by atoms with E-state index in [1.807, 2.05) is 0 Å². The second kappa shape index (κ2) is 3.75. The van der Waals surface area contributed by atoms with Crippen LogP contribution in [0.5, 0.6) is 0 Å². The largest absolute Gasteiger partial charge is 0.782 e. The van der Waals surface area contributed by atoms with Gasteiger partial charge in [-0.3, -0.25) is 0 Å². The monoisotopic (exact) mass is 193 g/mol. The van der Waals surface area contributed by atoms with E-state index in [9.17, 15) is 0 Å². The zero-order valence-corrected chi connectivity index (χ0v) is 9.61. The van der Waals surface area contributed by atoms with Crippen molar-refractivity contribution in [3.8, 4) is 0 Å². The highest BCUT2D eigenvalue weighted by Crippen LogP contribution is 2.23. The molecule has 0 N–H and O–H groups in total. The average Bonchev–Trinajstić information content (AvgIpc) is 2.03. The molecule has 0 amide bonds. The first kappa shape index (κ1) is 10.6. The zero-order valence-electron chi connectivity index (χ0n) is 8.79. The third-order valence-corrected chi connectivity index (χ3v) is 2.51. The minimum Gasteiger partial charge on any atom is -0.782 e. The molecule has 0 nitrogen and oxygen atoms in total. The maximum Gasteiger partial charge on any atom is -0.0219 e. The van der Waals surface area contributed by atoms with E-state index in [-0.39, 0.29) is 4.75 Å². The Bertz CT molecular complexity index is 264. The third-order valence-electron chi connectivity index (χ3n) is 2.27. The Morgan fingerprint density at radius 1 is 1.08 bits per heavy atom. The first-order valence-corrected chi connectivity index (χ1v) is 5.13. The van der Waals surface area contributed by atoms with Crippen LogP contribution in [0.25, 0.3) is 0 Å². The second-order valence-corrected chi connectivity index (χ2v) is 5.31. The summed E-state index contributed by atoms with van der Waals surface area (Å²) in [5, 5.41) is 0. The SMILES string of the molecule is CC(C)c1ccc(C(C)(C)[S-])cc1. The fraction of sp³-hybridized carbons (Fsp3) is 0.500. The van der Waals surface area contributed by atoms with Gasteiger partial charge in [-0.15, -0.1) is 4.75 Å². The summed E-state index contributed by atoms with van der Waals surface area (Å²) in [5.41, 5.74) is 2.61. The van der Waals surface area contributed by atoms with Crippen LogP contribution in [0.1, 0.15) is 44.7 Å². The molecule has 0 spiro atoms. The van der Waals surface area contributed by atoms with Crippen molar-refractivity contribution in [3.63, 3.8) is 0 Å². The summed E-state index contributed by atoms with van der Waals surface area (Å²) in [7, 11) is 0. The lowest BCUT2D eigenvalue weighted by Gasteiger charge is -2.33. The highest BCUT2D eigenvalue weighted by Gasteiger charge is 2.04. The molecule has 0 aliphatic rings. The Balaban J connectivity index is 2.94. The molecule has 0 bridgehead atoms. The van der Waals surface area contributed by atoms with Crippen LogP contribution < -0.4 is 0 Å². The molecule has 0 aliphatic heterocycles. The Kier molecular flexibility index (Phi) is 3.07. The van der Waals surface area contributed by atoms with E-state index in [2.05, 4.69) is 52.0 Å². The van der Waals surface area contributed by atoms with Crippen LogP contribution >= 0.6 is 0 Å². The van der Waals surface area contributed by atoms with Crippen molar-refractivity contribution in [2.45, 2.75) is 38.4 Å². The summed E-state index contributed by atoms with van der Waals surface area (Å²) in [6.45, 7) is 8.53. The molecule has 0 heterocycles. The zero-order chi connectivity index (χ0) is 10.1. The number of rotatable bonds is 2. The van der Waals surface area contributed by atoms with Gasteiger partial charge in [0, 0.05) is 0 Å². The summed E-state index contributed by atoms with van der Waals surface area (Å²) < 4.78 is -0.143. The molecule has 0 aromatic heterocycles. The van der Waals surface area contributed by atoms with E-state index in [0.29, 0.717) is 5.92 Å². The van der Waals surface area contributed by atoms with E-state index in [4.69, 9.17) is 12.6 Å². The predicted molar refractivity (Wildman–Crippen MR) is 60.9 cm³/mol. The smallest absolute Gasteiger partial charge is 0.0219 e. The maximum atomic E-state index is 5.36. The highest BCUT2D eigenvalue weighted by molar-refractivity contribution is 7.59. The van der Waals surface area contributed by atoms with Gasteiger partial charge in [0.05, 0.1) is 0 Å². The van der Waals surface area contributed by atoms with E-state index in [0.717, 1.165) is 0 Å². The lowest BCUT2D eigenvalue weighted by atomic mass is 9.97. The van der Waals surface area contributed by atoms with Gasteiger partial charge in [-0.25, -0.2) is 0 Å². The van der Waals surface area contributed by atoms with Crippen LogP contribution in [0.2, 0.25) is 0 Å². The van der Waals surface area contributed by atoms with E-state index in [1.54, 1.807) is 0 Å². The Morgan fingerprint density at radius 2 is 1.54 bits per heavy atom. The van der Waals surface area contributed by atoms with Crippen LogP contribution in [0.3, 0.4) is 0 Å². The van der Waals surface area contributed by atoms with Crippen molar-refractivity contribution in [1.82, 2.24) is 0 Å². The minimum atomic E-state index is -0.143. The fourth-order valence-electron chi connectivity index (χ4n) is 1.27. The molecule has 0 unspecified atom stereocenters.